The van der Waals surface area contributed by atoms with Gasteiger partial charge >= 0.3 is 0 Å². The molecule has 0 heterocycles. The summed E-state index contributed by atoms with van der Waals surface area (Å²) in [4.78, 5) is 2.53. The monoisotopic (exact) mass is 252 g/mol. The number of rotatable bonds is 6. The molecule has 17 heavy (non-hydrogen) atoms. The van der Waals surface area contributed by atoms with Crippen LogP contribution >= 0.6 is 11.6 Å². The molecular formula is C14H21ClN2. The first-order valence-electron chi connectivity index (χ1n) is 6.45. The van der Waals surface area contributed by atoms with Crippen LogP contribution in [0.5, 0.6) is 0 Å². The van der Waals surface area contributed by atoms with Gasteiger partial charge in [0.05, 0.1) is 10.7 Å². The van der Waals surface area contributed by atoms with Gasteiger partial charge in [-0.15, -0.1) is 0 Å². The average Bonchev–Trinajstić information content (AvgIpc) is 3.08. The van der Waals surface area contributed by atoms with Gasteiger partial charge in [0, 0.05) is 13.1 Å². The molecule has 2 rings (SSSR count). The van der Waals surface area contributed by atoms with Crippen LogP contribution in [0.1, 0.15) is 31.7 Å². The lowest BCUT2D eigenvalue weighted by molar-refractivity contribution is 0.255. The summed E-state index contributed by atoms with van der Waals surface area (Å²) in [7, 11) is 0. The first-order chi connectivity index (χ1) is 8.19. The molecule has 2 nitrogen and oxygen atoms in total. The van der Waals surface area contributed by atoms with E-state index >= 15 is 0 Å². The molecule has 1 fully saturated rings. The van der Waals surface area contributed by atoms with E-state index in [1.807, 2.05) is 12.1 Å². The fourth-order valence-corrected chi connectivity index (χ4v) is 2.35. The van der Waals surface area contributed by atoms with E-state index in [1.54, 1.807) is 0 Å². The van der Waals surface area contributed by atoms with Crippen molar-refractivity contribution in [3.05, 3.63) is 28.8 Å². The summed E-state index contributed by atoms with van der Waals surface area (Å²) in [5.41, 5.74) is 7.65. The topological polar surface area (TPSA) is 29.3 Å². The fourth-order valence-electron chi connectivity index (χ4n) is 2.14. The van der Waals surface area contributed by atoms with Crippen molar-refractivity contribution in [3.8, 4) is 0 Å². The van der Waals surface area contributed by atoms with Gasteiger partial charge in [0.1, 0.15) is 0 Å². The normalized spacial score (nSPS) is 15.5. The molecule has 0 aromatic heterocycles. The number of nitrogen functional groups attached to an aromatic ring is 1. The van der Waals surface area contributed by atoms with E-state index in [1.165, 1.54) is 37.9 Å². The highest BCUT2D eigenvalue weighted by molar-refractivity contribution is 6.33. The van der Waals surface area contributed by atoms with Crippen LogP contribution in [-0.4, -0.2) is 18.0 Å². The second kappa shape index (κ2) is 5.74. The Labute approximate surface area is 109 Å². The summed E-state index contributed by atoms with van der Waals surface area (Å²) in [5.74, 6) is 0.936. The van der Waals surface area contributed by atoms with Crippen molar-refractivity contribution in [1.82, 2.24) is 4.90 Å². The SMILES string of the molecule is CCCN(Cc1ccc(N)c(Cl)c1)CC1CC1. The van der Waals surface area contributed by atoms with Crippen molar-refractivity contribution in [3.63, 3.8) is 0 Å². The zero-order valence-electron chi connectivity index (χ0n) is 10.5. The van der Waals surface area contributed by atoms with E-state index < -0.39 is 0 Å². The van der Waals surface area contributed by atoms with E-state index in [9.17, 15) is 0 Å². The molecule has 0 unspecified atom stereocenters. The highest BCUT2D eigenvalue weighted by atomic mass is 35.5. The zero-order valence-corrected chi connectivity index (χ0v) is 11.2. The minimum atomic E-state index is 0.666. The summed E-state index contributed by atoms with van der Waals surface area (Å²) in [6.07, 6.45) is 4.01. The number of benzene rings is 1. The van der Waals surface area contributed by atoms with Gasteiger partial charge in [-0.1, -0.05) is 24.6 Å². The highest BCUT2D eigenvalue weighted by Crippen LogP contribution is 2.30. The molecule has 94 valence electrons. The molecule has 1 aromatic rings. The summed E-state index contributed by atoms with van der Waals surface area (Å²) < 4.78 is 0. The molecule has 0 aliphatic heterocycles. The predicted molar refractivity (Wildman–Crippen MR) is 74.2 cm³/mol. The molecule has 2 N–H and O–H groups in total. The molecular weight excluding hydrogens is 232 g/mol. The Hall–Kier alpha value is -0.730. The maximum atomic E-state index is 6.05. The standard InChI is InChI=1S/C14H21ClN2/c1-2-7-17(9-11-3-4-11)10-12-5-6-14(16)13(15)8-12/h5-6,8,11H,2-4,7,9-10,16H2,1H3. The molecule has 3 heteroatoms. The molecule has 1 saturated carbocycles. The minimum absolute atomic E-state index is 0.666. The van der Waals surface area contributed by atoms with E-state index in [4.69, 9.17) is 17.3 Å². The van der Waals surface area contributed by atoms with Gasteiger partial charge in [0.15, 0.2) is 0 Å². The van der Waals surface area contributed by atoms with Crippen LogP contribution in [0.4, 0.5) is 5.69 Å². The van der Waals surface area contributed by atoms with Crippen molar-refractivity contribution in [2.75, 3.05) is 18.8 Å². The van der Waals surface area contributed by atoms with Gasteiger partial charge < -0.3 is 5.73 Å². The maximum Gasteiger partial charge on any atom is 0.0638 e. The second-order valence-electron chi connectivity index (χ2n) is 5.03. The maximum absolute atomic E-state index is 6.05. The minimum Gasteiger partial charge on any atom is -0.398 e. The number of halogens is 1. The number of nitrogens with two attached hydrogens (primary N) is 1. The molecule has 0 bridgehead atoms. The van der Waals surface area contributed by atoms with Crippen LogP contribution in [0.2, 0.25) is 5.02 Å². The molecule has 0 amide bonds. The number of nitrogens with zero attached hydrogens (tertiary/aromatic N) is 1. The van der Waals surface area contributed by atoms with E-state index in [-0.39, 0.29) is 0 Å². The molecule has 0 radical (unpaired) electrons. The summed E-state index contributed by atoms with van der Waals surface area (Å²) in [6.45, 7) is 5.62. The van der Waals surface area contributed by atoms with Gasteiger partial charge in [-0.25, -0.2) is 0 Å². The van der Waals surface area contributed by atoms with Crippen LogP contribution in [-0.2, 0) is 6.54 Å². The van der Waals surface area contributed by atoms with Gasteiger partial charge in [-0.2, -0.15) is 0 Å². The highest BCUT2D eigenvalue weighted by Gasteiger charge is 2.23. The van der Waals surface area contributed by atoms with Crippen molar-refractivity contribution >= 4 is 17.3 Å². The summed E-state index contributed by atoms with van der Waals surface area (Å²) >= 11 is 6.05. The summed E-state index contributed by atoms with van der Waals surface area (Å²) in [6, 6.07) is 5.97. The first-order valence-corrected chi connectivity index (χ1v) is 6.83. The first kappa shape index (κ1) is 12.7. The third kappa shape index (κ3) is 3.90. The van der Waals surface area contributed by atoms with E-state index in [0.29, 0.717) is 10.7 Å². The lowest BCUT2D eigenvalue weighted by atomic mass is 10.2. The van der Waals surface area contributed by atoms with Crippen LogP contribution < -0.4 is 5.73 Å². The Balaban J connectivity index is 1.97. The average molecular weight is 253 g/mol. The quantitative estimate of drug-likeness (QED) is 0.785. The Kier molecular flexibility index (Phi) is 4.30. The molecule has 1 aliphatic rings. The van der Waals surface area contributed by atoms with Crippen LogP contribution in [0.3, 0.4) is 0 Å². The van der Waals surface area contributed by atoms with Crippen LogP contribution in [0.15, 0.2) is 18.2 Å². The Morgan fingerprint density at radius 3 is 2.76 bits per heavy atom. The predicted octanol–water partition coefficient (Wildman–Crippen LogP) is 3.54. The fraction of sp³-hybridized carbons (Fsp3) is 0.571. The molecule has 1 aliphatic carbocycles. The number of hydrogen-bond acceptors (Lipinski definition) is 2. The van der Waals surface area contributed by atoms with E-state index in [2.05, 4.69) is 17.9 Å². The second-order valence-corrected chi connectivity index (χ2v) is 5.44. The Bertz CT molecular complexity index is 374. The third-order valence-electron chi connectivity index (χ3n) is 3.22. The molecule has 0 atom stereocenters. The van der Waals surface area contributed by atoms with Crippen LogP contribution in [0, 0.1) is 5.92 Å². The number of hydrogen-bond donors (Lipinski definition) is 1. The zero-order chi connectivity index (χ0) is 12.3. The van der Waals surface area contributed by atoms with Crippen molar-refractivity contribution in [1.29, 1.82) is 0 Å². The summed E-state index contributed by atoms with van der Waals surface area (Å²) in [5, 5.41) is 0.672. The number of anilines is 1. The Morgan fingerprint density at radius 1 is 1.41 bits per heavy atom. The lowest BCUT2D eigenvalue weighted by Gasteiger charge is -2.21. The largest absolute Gasteiger partial charge is 0.398 e. The van der Waals surface area contributed by atoms with Crippen molar-refractivity contribution in [2.24, 2.45) is 5.92 Å². The van der Waals surface area contributed by atoms with E-state index in [0.717, 1.165) is 12.5 Å². The lowest BCUT2D eigenvalue weighted by Crippen LogP contribution is -2.26. The van der Waals surface area contributed by atoms with Gasteiger partial charge in [0.25, 0.3) is 0 Å². The Morgan fingerprint density at radius 2 is 2.18 bits per heavy atom. The van der Waals surface area contributed by atoms with Gasteiger partial charge in [-0.05, 0) is 49.4 Å². The third-order valence-corrected chi connectivity index (χ3v) is 3.55. The van der Waals surface area contributed by atoms with Crippen LogP contribution in [0.25, 0.3) is 0 Å². The molecule has 1 aromatic carbocycles. The van der Waals surface area contributed by atoms with Crippen molar-refractivity contribution < 1.29 is 0 Å². The van der Waals surface area contributed by atoms with Crippen molar-refractivity contribution in [2.45, 2.75) is 32.7 Å². The smallest absolute Gasteiger partial charge is 0.0638 e. The van der Waals surface area contributed by atoms with Gasteiger partial charge in [0.2, 0.25) is 0 Å². The molecule has 0 saturated heterocycles. The van der Waals surface area contributed by atoms with Gasteiger partial charge in [-0.3, -0.25) is 4.90 Å². The molecule has 0 spiro atoms.